The van der Waals surface area contributed by atoms with Crippen LogP contribution in [0.1, 0.15) is 17.3 Å². The Morgan fingerprint density at radius 2 is 1.82 bits per heavy atom. The zero-order valence-electron chi connectivity index (χ0n) is 9.09. The molecule has 0 aliphatic carbocycles. The molecule has 0 aliphatic rings. The Balaban J connectivity index is 2.83. The highest BCUT2D eigenvalue weighted by atomic mass is 35.5. The molecule has 0 spiro atoms. The molecule has 1 aromatic rings. The lowest BCUT2D eigenvalue weighted by Crippen LogP contribution is -2.38. The first-order valence-corrected chi connectivity index (χ1v) is 5.33. The first-order chi connectivity index (χ1) is 7.83. The maximum atomic E-state index is 12.2. The minimum absolute atomic E-state index is 0.000962. The maximum Gasteiger partial charge on any atom is 0.406 e. The van der Waals surface area contributed by atoms with Crippen molar-refractivity contribution >= 4 is 17.5 Å². The largest absolute Gasteiger partial charge is 0.406 e. The number of amides is 1. The highest BCUT2D eigenvalue weighted by Gasteiger charge is 2.32. The van der Waals surface area contributed by atoms with Crippen LogP contribution in [0, 0.1) is 0 Å². The van der Waals surface area contributed by atoms with Gasteiger partial charge in [0.25, 0.3) is 5.91 Å². The summed E-state index contributed by atoms with van der Waals surface area (Å²) in [5.74, 6) is -0.651. The summed E-state index contributed by atoms with van der Waals surface area (Å²) < 4.78 is 36.7. The van der Waals surface area contributed by atoms with E-state index in [0.29, 0.717) is 5.02 Å². The fourth-order valence-electron chi connectivity index (χ4n) is 1.32. The molecular weight excluding hydrogens is 255 g/mol. The number of benzene rings is 1. The van der Waals surface area contributed by atoms with Crippen molar-refractivity contribution in [3.63, 3.8) is 0 Å². The number of carbonyl (C=O) groups excluding carboxylic acids is 1. The number of hydrogen-bond acceptors (Lipinski definition) is 1. The van der Waals surface area contributed by atoms with E-state index in [4.69, 9.17) is 11.6 Å². The summed E-state index contributed by atoms with van der Waals surface area (Å²) in [5.41, 5.74) is 0.195. The molecule has 1 rings (SSSR count). The smallest absolute Gasteiger partial charge is 0.330 e. The molecule has 17 heavy (non-hydrogen) atoms. The Kier molecular flexibility index (Phi) is 4.40. The van der Waals surface area contributed by atoms with E-state index in [-0.39, 0.29) is 12.1 Å². The van der Waals surface area contributed by atoms with Crippen LogP contribution in [0.25, 0.3) is 0 Å². The Morgan fingerprint density at radius 3 is 2.24 bits per heavy atom. The number of carbonyl (C=O) groups is 1. The van der Waals surface area contributed by atoms with E-state index < -0.39 is 18.6 Å². The van der Waals surface area contributed by atoms with Crippen LogP contribution in [-0.2, 0) is 0 Å². The lowest BCUT2D eigenvalue weighted by Gasteiger charge is -2.22. The van der Waals surface area contributed by atoms with Crippen molar-refractivity contribution in [3.8, 4) is 0 Å². The molecule has 2 nitrogen and oxygen atoms in total. The summed E-state index contributed by atoms with van der Waals surface area (Å²) in [6.45, 7) is 0.255. The maximum absolute atomic E-state index is 12.2. The number of nitrogens with zero attached hydrogens (tertiary/aromatic N) is 1. The number of halogens is 4. The molecule has 0 aromatic heterocycles. The minimum atomic E-state index is -4.39. The molecule has 94 valence electrons. The third-order valence-corrected chi connectivity index (χ3v) is 2.38. The second kappa shape index (κ2) is 5.40. The van der Waals surface area contributed by atoms with Gasteiger partial charge in [-0.15, -0.1) is 0 Å². The molecule has 1 aromatic carbocycles. The molecule has 1 amide bonds. The van der Waals surface area contributed by atoms with Crippen LogP contribution < -0.4 is 0 Å². The lowest BCUT2D eigenvalue weighted by atomic mass is 10.2. The van der Waals surface area contributed by atoms with E-state index in [9.17, 15) is 18.0 Å². The summed E-state index contributed by atoms with van der Waals surface area (Å²) in [6.07, 6.45) is -4.39. The van der Waals surface area contributed by atoms with Crippen LogP contribution in [0.3, 0.4) is 0 Å². The summed E-state index contributed by atoms with van der Waals surface area (Å²) in [5, 5.41) is 0.431. The predicted octanol–water partition coefficient (Wildman–Crippen LogP) is 3.36. The van der Waals surface area contributed by atoms with Crippen molar-refractivity contribution in [1.29, 1.82) is 0 Å². The normalized spacial score (nSPS) is 11.4. The molecule has 0 aliphatic heterocycles. The standard InChI is InChI=1S/C11H11ClF3NO/c1-2-16(7-11(13,14)15)10(17)8-3-5-9(12)6-4-8/h3-6H,2,7H2,1H3. The van der Waals surface area contributed by atoms with Crippen LogP contribution in [0.15, 0.2) is 24.3 Å². The second-order valence-electron chi connectivity index (χ2n) is 3.44. The molecule has 0 saturated heterocycles. The van der Waals surface area contributed by atoms with Crippen molar-refractivity contribution in [3.05, 3.63) is 34.9 Å². The number of rotatable bonds is 3. The number of hydrogen-bond donors (Lipinski definition) is 0. The molecule has 0 radical (unpaired) electrons. The van der Waals surface area contributed by atoms with E-state index >= 15 is 0 Å². The lowest BCUT2D eigenvalue weighted by molar-refractivity contribution is -0.140. The molecule has 0 fully saturated rings. The highest BCUT2D eigenvalue weighted by Crippen LogP contribution is 2.18. The topological polar surface area (TPSA) is 20.3 Å². The summed E-state index contributed by atoms with van der Waals surface area (Å²) in [7, 11) is 0. The molecule has 0 N–H and O–H groups in total. The van der Waals surface area contributed by atoms with Gasteiger partial charge in [0.15, 0.2) is 0 Å². The van der Waals surface area contributed by atoms with E-state index in [0.717, 1.165) is 4.90 Å². The Morgan fingerprint density at radius 1 is 1.29 bits per heavy atom. The van der Waals surface area contributed by atoms with Gasteiger partial charge in [0.2, 0.25) is 0 Å². The Labute approximate surface area is 102 Å². The Bertz CT molecular complexity index is 389. The van der Waals surface area contributed by atoms with Crippen LogP contribution in [0.4, 0.5) is 13.2 Å². The first-order valence-electron chi connectivity index (χ1n) is 4.95. The van der Waals surface area contributed by atoms with Gasteiger partial charge in [0.05, 0.1) is 0 Å². The minimum Gasteiger partial charge on any atom is -0.330 e. The SMILES string of the molecule is CCN(CC(F)(F)F)C(=O)c1ccc(Cl)cc1. The fraction of sp³-hybridized carbons (Fsp3) is 0.364. The van der Waals surface area contributed by atoms with Gasteiger partial charge in [-0.05, 0) is 31.2 Å². The molecule has 0 bridgehead atoms. The van der Waals surface area contributed by atoms with Crippen molar-refractivity contribution in [1.82, 2.24) is 4.90 Å². The second-order valence-corrected chi connectivity index (χ2v) is 3.88. The van der Waals surface area contributed by atoms with E-state index in [1.807, 2.05) is 0 Å². The molecule has 0 saturated carbocycles. The average molecular weight is 266 g/mol. The first kappa shape index (κ1) is 13.8. The highest BCUT2D eigenvalue weighted by molar-refractivity contribution is 6.30. The van der Waals surface area contributed by atoms with Gasteiger partial charge in [-0.3, -0.25) is 4.79 Å². The third-order valence-electron chi connectivity index (χ3n) is 2.13. The van der Waals surface area contributed by atoms with Crippen molar-refractivity contribution in [2.24, 2.45) is 0 Å². The van der Waals surface area contributed by atoms with Gasteiger partial charge in [-0.1, -0.05) is 11.6 Å². The Hall–Kier alpha value is -1.23. The van der Waals surface area contributed by atoms with Crippen LogP contribution in [0.2, 0.25) is 5.02 Å². The fourth-order valence-corrected chi connectivity index (χ4v) is 1.44. The molecule has 0 atom stereocenters. The van der Waals surface area contributed by atoms with E-state index in [2.05, 4.69) is 0 Å². The van der Waals surface area contributed by atoms with Crippen molar-refractivity contribution < 1.29 is 18.0 Å². The molecular formula is C11H11ClF3NO. The van der Waals surface area contributed by atoms with E-state index in [1.54, 1.807) is 0 Å². The van der Waals surface area contributed by atoms with Gasteiger partial charge < -0.3 is 4.90 Å². The van der Waals surface area contributed by atoms with Crippen molar-refractivity contribution in [2.75, 3.05) is 13.1 Å². The summed E-state index contributed by atoms with van der Waals surface area (Å²) >= 11 is 5.63. The summed E-state index contributed by atoms with van der Waals surface area (Å²) in [4.78, 5) is 12.5. The van der Waals surface area contributed by atoms with Gasteiger partial charge in [0, 0.05) is 17.1 Å². The van der Waals surface area contributed by atoms with Crippen molar-refractivity contribution in [2.45, 2.75) is 13.1 Å². The zero-order chi connectivity index (χ0) is 13.1. The van der Waals surface area contributed by atoms with Gasteiger partial charge in [0.1, 0.15) is 6.54 Å². The van der Waals surface area contributed by atoms with Crippen LogP contribution >= 0.6 is 11.6 Å². The quantitative estimate of drug-likeness (QED) is 0.821. The van der Waals surface area contributed by atoms with Gasteiger partial charge in [-0.2, -0.15) is 13.2 Å². The summed E-state index contributed by atoms with van der Waals surface area (Å²) in [6, 6.07) is 5.75. The number of alkyl halides is 3. The van der Waals surface area contributed by atoms with Crippen LogP contribution in [0.5, 0.6) is 0 Å². The van der Waals surface area contributed by atoms with E-state index in [1.165, 1.54) is 31.2 Å². The van der Waals surface area contributed by atoms with Crippen LogP contribution in [-0.4, -0.2) is 30.1 Å². The average Bonchev–Trinajstić information content (AvgIpc) is 2.25. The molecule has 0 heterocycles. The molecule has 0 unspecified atom stereocenters. The molecule has 6 heteroatoms. The van der Waals surface area contributed by atoms with Gasteiger partial charge >= 0.3 is 6.18 Å². The van der Waals surface area contributed by atoms with Gasteiger partial charge in [-0.25, -0.2) is 0 Å². The zero-order valence-corrected chi connectivity index (χ0v) is 9.85. The predicted molar refractivity (Wildman–Crippen MR) is 59.1 cm³/mol. The third kappa shape index (κ3) is 4.26. The monoisotopic (exact) mass is 265 g/mol.